The maximum Gasteiger partial charge on any atom is 0.282 e. The molecule has 0 spiro atoms. The van der Waals surface area contributed by atoms with Crippen LogP contribution in [0.5, 0.6) is 11.5 Å². The zero-order chi connectivity index (χ0) is 22.8. The first kappa shape index (κ1) is 21.5. The molecule has 8 heteroatoms. The average Bonchev–Trinajstić information content (AvgIpc) is 3.40. The maximum atomic E-state index is 13.6. The third-order valence-corrected chi connectivity index (χ3v) is 6.01. The molecule has 0 fully saturated rings. The van der Waals surface area contributed by atoms with Crippen LogP contribution in [-0.4, -0.2) is 40.1 Å². The Morgan fingerprint density at radius 3 is 2.41 bits per heavy atom. The fourth-order valence-electron chi connectivity index (χ4n) is 3.49. The fourth-order valence-corrected chi connectivity index (χ4v) is 4.25. The predicted octanol–water partition coefficient (Wildman–Crippen LogP) is 4.23. The minimum atomic E-state index is -0.431. The molecule has 4 rings (SSSR count). The molecule has 0 unspecified atom stereocenters. The van der Waals surface area contributed by atoms with Gasteiger partial charge in [0, 0.05) is 30.7 Å². The highest BCUT2D eigenvalue weighted by atomic mass is 32.1. The van der Waals surface area contributed by atoms with E-state index in [-0.39, 0.29) is 11.6 Å². The fraction of sp³-hybridized carbons (Fsp3) is 0.167. The molecule has 1 aliphatic rings. The average molecular weight is 450 g/mol. The highest BCUT2D eigenvalue weighted by Crippen LogP contribution is 2.38. The number of nitrogens with one attached hydrogen (secondary N) is 1. The molecule has 7 nitrogen and oxygen atoms in total. The minimum absolute atomic E-state index is 0.194. The maximum absolute atomic E-state index is 13.6. The summed E-state index contributed by atoms with van der Waals surface area (Å²) in [5.41, 5.74) is 2.44. The number of hydrogen-bond donors (Lipinski definition) is 1. The summed E-state index contributed by atoms with van der Waals surface area (Å²) in [7, 11) is 6.92. The van der Waals surface area contributed by atoms with Crippen LogP contribution in [-0.2, 0) is 9.59 Å². The number of carbonyl (C=O) groups excluding carboxylic acids is 2. The summed E-state index contributed by atoms with van der Waals surface area (Å²) in [6, 6.07) is 16.2. The Bertz CT molecular complexity index is 1200. The van der Waals surface area contributed by atoms with Crippen molar-refractivity contribution in [2.45, 2.75) is 0 Å². The Balaban J connectivity index is 1.81. The normalized spacial score (nSPS) is 13.6. The van der Waals surface area contributed by atoms with Crippen molar-refractivity contribution in [3.8, 4) is 11.5 Å². The summed E-state index contributed by atoms with van der Waals surface area (Å²) in [5.74, 6) is 0.313. The molecule has 0 saturated heterocycles. The number of methoxy groups -OCH3 is 2. The van der Waals surface area contributed by atoms with E-state index in [1.54, 1.807) is 38.5 Å². The molecule has 32 heavy (non-hydrogen) atoms. The van der Waals surface area contributed by atoms with E-state index in [9.17, 15) is 9.59 Å². The van der Waals surface area contributed by atoms with Crippen LogP contribution in [0, 0.1) is 0 Å². The second-order valence-electron chi connectivity index (χ2n) is 7.28. The summed E-state index contributed by atoms with van der Waals surface area (Å²) in [5, 5.41) is 5.02. The molecule has 2 aromatic carbocycles. The summed E-state index contributed by atoms with van der Waals surface area (Å²) in [6.07, 6.45) is 0. The lowest BCUT2D eigenvalue weighted by molar-refractivity contribution is -0.120. The molecule has 0 saturated carbocycles. The summed E-state index contributed by atoms with van der Waals surface area (Å²) >= 11 is 1.40. The van der Waals surface area contributed by atoms with Crippen molar-refractivity contribution in [1.29, 1.82) is 0 Å². The van der Waals surface area contributed by atoms with Gasteiger partial charge in [-0.1, -0.05) is 12.1 Å². The smallest absolute Gasteiger partial charge is 0.282 e. The van der Waals surface area contributed by atoms with Crippen LogP contribution in [0.3, 0.4) is 0 Å². The quantitative estimate of drug-likeness (QED) is 0.545. The monoisotopic (exact) mass is 449 g/mol. The molecule has 1 N–H and O–H groups in total. The molecule has 1 aromatic heterocycles. The second-order valence-corrected chi connectivity index (χ2v) is 8.23. The van der Waals surface area contributed by atoms with Crippen molar-refractivity contribution < 1.29 is 19.1 Å². The SMILES string of the molecule is COc1ccc(OC)c(NC2=C(c3cccs3)C(=O)N(c3cccc(N(C)C)c3)C2=O)c1. The molecule has 0 aliphatic carbocycles. The van der Waals surface area contributed by atoms with Gasteiger partial charge in [0.25, 0.3) is 11.8 Å². The molecular formula is C24H23N3O4S. The van der Waals surface area contributed by atoms with Crippen LogP contribution in [0.1, 0.15) is 4.88 Å². The zero-order valence-corrected chi connectivity index (χ0v) is 19.0. The van der Waals surface area contributed by atoms with Crippen molar-refractivity contribution in [1.82, 2.24) is 0 Å². The molecule has 3 aromatic rings. The highest BCUT2D eigenvalue weighted by Gasteiger charge is 2.41. The van der Waals surface area contributed by atoms with Gasteiger partial charge in [0.05, 0.1) is 31.2 Å². The molecule has 2 amide bonds. The number of thiophene rings is 1. The number of imide groups is 1. The van der Waals surface area contributed by atoms with Crippen LogP contribution in [0.25, 0.3) is 5.57 Å². The zero-order valence-electron chi connectivity index (χ0n) is 18.2. The van der Waals surface area contributed by atoms with Crippen molar-refractivity contribution >= 4 is 45.8 Å². The van der Waals surface area contributed by atoms with E-state index >= 15 is 0 Å². The van der Waals surface area contributed by atoms with Crippen LogP contribution in [0.15, 0.2) is 65.7 Å². The molecule has 0 atom stereocenters. The first-order valence-corrected chi connectivity index (χ1v) is 10.8. The van der Waals surface area contributed by atoms with Gasteiger partial charge in [-0.2, -0.15) is 0 Å². The Morgan fingerprint density at radius 1 is 0.938 bits per heavy atom. The first-order valence-electron chi connectivity index (χ1n) is 9.88. The Kier molecular flexibility index (Phi) is 5.87. The van der Waals surface area contributed by atoms with E-state index in [4.69, 9.17) is 9.47 Å². The number of anilines is 3. The topological polar surface area (TPSA) is 71.1 Å². The van der Waals surface area contributed by atoms with E-state index in [0.29, 0.717) is 33.3 Å². The van der Waals surface area contributed by atoms with Crippen molar-refractivity contribution in [2.24, 2.45) is 0 Å². The summed E-state index contributed by atoms with van der Waals surface area (Å²) in [6.45, 7) is 0. The lowest BCUT2D eigenvalue weighted by Gasteiger charge is -2.19. The number of nitrogens with zero attached hydrogens (tertiary/aromatic N) is 2. The first-order chi connectivity index (χ1) is 15.4. The van der Waals surface area contributed by atoms with Gasteiger partial charge in [-0.05, 0) is 41.8 Å². The van der Waals surface area contributed by atoms with Gasteiger partial charge in [-0.3, -0.25) is 9.59 Å². The molecule has 164 valence electrons. The number of carbonyl (C=O) groups is 2. The lowest BCUT2D eigenvalue weighted by Crippen LogP contribution is -2.32. The second kappa shape index (κ2) is 8.76. The van der Waals surface area contributed by atoms with Gasteiger partial charge < -0.3 is 19.7 Å². The highest BCUT2D eigenvalue weighted by molar-refractivity contribution is 7.11. The Morgan fingerprint density at radius 2 is 1.75 bits per heavy atom. The van der Waals surface area contributed by atoms with Gasteiger partial charge >= 0.3 is 0 Å². The van der Waals surface area contributed by atoms with Gasteiger partial charge in [0.2, 0.25) is 0 Å². The lowest BCUT2D eigenvalue weighted by atomic mass is 10.1. The summed E-state index contributed by atoms with van der Waals surface area (Å²) in [4.78, 5) is 30.9. The Labute approximate surface area is 190 Å². The van der Waals surface area contributed by atoms with Crippen LogP contribution < -0.4 is 24.6 Å². The van der Waals surface area contributed by atoms with E-state index in [2.05, 4.69) is 5.32 Å². The number of amides is 2. The third-order valence-electron chi connectivity index (χ3n) is 5.12. The molecule has 1 aliphatic heterocycles. The predicted molar refractivity (Wildman–Crippen MR) is 128 cm³/mol. The van der Waals surface area contributed by atoms with E-state index in [1.165, 1.54) is 16.2 Å². The number of benzene rings is 2. The number of hydrogen-bond acceptors (Lipinski definition) is 7. The molecule has 0 bridgehead atoms. The third kappa shape index (κ3) is 3.80. The van der Waals surface area contributed by atoms with Gasteiger partial charge in [-0.15, -0.1) is 11.3 Å². The van der Waals surface area contributed by atoms with Gasteiger partial charge in [-0.25, -0.2) is 4.90 Å². The largest absolute Gasteiger partial charge is 0.497 e. The summed E-state index contributed by atoms with van der Waals surface area (Å²) < 4.78 is 10.8. The standard InChI is InChI=1S/C24H23N3O4S/c1-26(2)15-7-5-8-16(13-15)27-23(28)21(20-9-6-12-32-20)22(24(27)29)25-18-14-17(30-3)10-11-19(18)31-4/h5-14,25H,1-4H3. The number of ether oxygens (including phenoxy) is 2. The minimum Gasteiger partial charge on any atom is -0.497 e. The van der Waals surface area contributed by atoms with Crippen LogP contribution >= 0.6 is 11.3 Å². The van der Waals surface area contributed by atoms with Crippen molar-refractivity contribution in [3.05, 3.63) is 70.6 Å². The molecule has 0 radical (unpaired) electrons. The van der Waals surface area contributed by atoms with E-state index in [1.807, 2.05) is 54.7 Å². The Hall–Kier alpha value is -3.78. The van der Waals surface area contributed by atoms with Gasteiger partial charge in [0.1, 0.15) is 17.2 Å². The van der Waals surface area contributed by atoms with Crippen molar-refractivity contribution in [3.63, 3.8) is 0 Å². The molecule has 2 heterocycles. The number of rotatable bonds is 7. The molecular weight excluding hydrogens is 426 g/mol. The van der Waals surface area contributed by atoms with Crippen molar-refractivity contribution in [2.75, 3.05) is 43.4 Å². The van der Waals surface area contributed by atoms with Gasteiger partial charge in [0.15, 0.2) is 0 Å². The van der Waals surface area contributed by atoms with Crippen LogP contribution in [0.2, 0.25) is 0 Å². The van der Waals surface area contributed by atoms with E-state index in [0.717, 1.165) is 5.69 Å². The van der Waals surface area contributed by atoms with Crippen LogP contribution in [0.4, 0.5) is 17.1 Å². The van der Waals surface area contributed by atoms with E-state index < -0.39 is 5.91 Å².